The molecular weight excluding hydrogens is 468 g/mol. The van der Waals surface area contributed by atoms with Crippen molar-refractivity contribution in [3.05, 3.63) is 75.3 Å². The van der Waals surface area contributed by atoms with E-state index in [1.165, 1.54) is 55.7 Å². The molecule has 0 aliphatic carbocycles. The third-order valence-corrected chi connectivity index (χ3v) is 5.79. The summed E-state index contributed by atoms with van der Waals surface area (Å²) in [4.78, 5) is 25.5. The fourth-order valence-electron chi connectivity index (χ4n) is 3.86. The number of Topliss-reactive ketones (excluding diaryl/α,β-unsaturated/α-hetero) is 1. The highest BCUT2D eigenvalue weighted by atomic mass is 16.7. The molecule has 0 unspecified atom stereocenters. The first-order valence-electron chi connectivity index (χ1n) is 11.0. The number of hydrogen-bond acceptors (Lipinski definition) is 9. The van der Waals surface area contributed by atoms with Crippen LogP contribution in [-0.2, 0) is 9.53 Å². The number of phenolic OH excluding ortho intramolecular Hbond substituents is 4. The molecule has 1 aromatic heterocycles. The van der Waals surface area contributed by atoms with Gasteiger partial charge < -0.3 is 34.3 Å². The summed E-state index contributed by atoms with van der Waals surface area (Å²) < 4.78 is 17.2. The van der Waals surface area contributed by atoms with E-state index >= 15 is 0 Å². The Morgan fingerprint density at radius 2 is 1.58 bits per heavy atom. The molecule has 0 saturated carbocycles. The van der Waals surface area contributed by atoms with E-state index in [0.29, 0.717) is 11.1 Å². The number of phenols is 4. The minimum Gasteiger partial charge on any atom is -0.504 e. The normalized spacial score (nSPS) is 17.9. The highest BCUT2D eigenvalue weighted by Crippen LogP contribution is 2.47. The van der Waals surface area contributed by atoms with Crippen molar-refractivity contribution in [1.29, 1.82) is 0 Å². The molecule has 186 valence electrons. The fourth-order valence-corrected chi connectivity index (χ4v) is 3.86. The van der Waals surface area contributed by atoms with Crippen molar-refractivity contribution >= 4 is 29.6 Å². The van der Waals surface area contributed by atoms with Crippen LogP contribution >= 0.6 is 0 Å². The molecule has 4 N–H and O–H groups in total. The van der Waals surface area contributed by atoms with Gasteiger partial charge in [0.2, 0.25) is 5.79 Å². The van der Waals surface area contributed by atoms with Crippen LogP contribution in [0.25, 0.3) is 23.8 Å². The number of carbonyl (C=O) groups is 1. The Morgan fingerprint density at radius 1 is 0.944 bits per heavy atom. The summed E-state index contributed by atoms with van der Waals surface area (Å²) in [5.41, 5.74) is 0.532. The van der Waals surface area contributed by atoms with E-state index in [0.717, 1.165) is 0 Å². The summed E-state index contributed by atoms with van der Waals surface area (Å²) in [6.07, 6.45) is 4.63. The second-order valence-corrected chi connectivity index (χ2v) is 8.19. The van der Waals surface area contributed by atoms with Gasteiger partial charge in [-0.2, -0.15) is 0 Å². The van der Waals surface area contributed by atoms with Crippen molar-refractivity contribution in [2.45, 2.75) is 25.6 Å². The Bertz CT molecular complexity index is 1450. The Labute approximate surface area is 205 Å². The number of fused-ring (bicyclic) bond motifs is 1. The second-order valence-electron chi connectivity index (χ2n) is 8.19. The zero-order chi connectivity index (χ0) is 26.0. The van der Waals surface area contributed by atoms with Crippen molar-refractivity contribution in [2.75, 3.05) is 7.11 Å². The molecule has 0 amide bonds. The number of ketones is 1. The van der Waals surface area contributed by atoms with Crippen LogP contribution < -0.4 is 10.4 Å². The largest absolute Gasteiger partial charge is 0.504 e. The lowest BCUT2D eigenvalue weighted by atomic mass is 9.93. The molecule has 3 aromatic rings. The molecule has 1 aliphatic heterocycles. The van der Waals surface area contributed by atoms with E-state index in [9.17, 15) is 30.0 Å². The lowest BCUT2D eigenvalue weighted by Gasteiger charge is -2.28. The predicted octanol–water partition coefficient (Wildman–Crippen LogP) is 4.28. The standard InChI is InChI=1S/C27H24O9/c1-3-17(28)14-27(34-2)19(10-16-6-9-21(30)23(32)12-16)25-24(36-27)13-18(35-26(25)33)7-4-15-5-8-20(29)22(31)11-15/h4-13,29-32H,3,14H2,1-2H3/t27-/m1/s1. The van der Waals surface area contributed by atoms with Crippen molar-refractivity contribution < 1.29 is 39.1 Å². The summed E-state index contributed by atoms with van der Waals surface area (Å²) in [6.45, 7) is 1.70. The molecule has 0 bridgehead atoms. The Kier molecular flexibility index (Phi) is 6.59. The van der Waals surface area contributed by atoms with Gasteiger partial charge in [0.25, 0.3) is 0 Å². The van der Waals surface area contributed by atoms with Crippen LogP contribution in [0.2, 0.25) is 0 Å². The van der Waals surface area contributed by atoms with Crippen LogP contribution in [-0.4, -0.2) is 39.1 Å². The van der Waals surface area contributed by atoms with Crippen LogP contribution in [0.15, 0.2) is 51.7 Å². The third kappa shape index (κ3) is 4.69. The first-order chi connectivity index (χ1) is 17.2. The fraction of sp³-hybridized carbons (Fsp3) is 0.185. The second kappa shape index (κ2) is 9.63. The maximum atomic E-state index is 13.1. The highest BCUT2D eigenvalue weighted by Gasteiger charge is 2.48. The van der Waals surface area contributed by atoms with Gasteiger partial charge in [-0.05, 0) is 47.5 Å². The van der Waals surface area contributed by atoms with Gasteiger partial charge in [0, 0.05) is 25.2 Å². The average Bonchev–Trinajstić information content (AvgIpc) is 3.15. The van der Waals surface area contributed by atoms with Crippen molar-refractivity contribution in [3.63, 3.8) is 0 Å². The van der Waals surface area contributed by atoms with Crippen LogP contribution in [0.1, 0.15) is 42.2 Å². The number of hydrogen-bond donors (Lipinski definition) is 4. The van der Waals surface area contributed by atoms with Gasteiger partial charge in [0.05, 0.1) is 6.42 Å². The number of carbonyl (C=O) groups excluding carboxylic acids is 1. The van der Waals surface area contributed by atoms with Gasteiger partial charge in [0.1, 0.15) is 22.9 Å². The first kappa shape index (κ1) is 24.6. The smallest absolute Gasteiger partial charge is 0.347 e. The van der Waals surface area contributed by atoms with Crippen molar-refractivity contribution in [1.82, 2.24) is 0 Å². The van der Waals surface area contributed by atoms with Gasteiger partial charge in [-0.15, -0.1) is 0 Å². The monoisotopic (exact) mass is 492 g/mol. The summed E-state index contributed by atoms with van der Waals surface area (Å²) in [7, 11) is 1.36. The number of ether oxygens (including phenoxy) is 2. The van der Waals surface area contributed by atoms with Crippen molar-refractivity contribution in [2.24, 2.45) is 0 Å². The van der Waals surface area contributed by atoms with Gasteiger partial charge >= 0.3 is 5.63 Å². The summed E-state index contributed by atoms with van der Waals surface area (Å²) in [6, 6.07) is 9.82. The zero-order valence-electron chi connectivity index (χ0n) is 19.5. The lowest BCUT2D eigenvalue weighted by Crippen LogP contribution is -2.38. The highest BCUT2D eigenvalue weighted by molar-refractivity contribution is 5.93. The molecule has 0 spiro atoms. The SMILES string of the molecule is CCC(=O)C[C@@]1(OC)Oc2cc(C=Cc3ccc(O)c(O)c3)oc(=O)c2C1=Cc1ccc(O)c(O)c1. The quantitative estimate of drug-likeness (QED) is 0.355. The lowest BCUT2D eigenvalue weighted by molar-refractivity contribution is -0.140. The van der Waals surface area contributed by atoms with Gasteiger partial charge in [0.15, 0.2) is 23.0 Å². The molecule has 0 fully saturated rings. The number of rotatable bonds is 7. The Morgan fingerprint density at radius 3 is 2.19 bits per heavy atom. The summed E-state index contributed by atoms with van der Waals surface area (Å²) >= 11 is 0. The maximum Gasteiger partial charge on any atom is 0.347 e. The third-order valence-electron chi connectivity index (χ3n) is 5.79. The minimum atomic E-state index is -1.61. The van der Waals surface area contributed by atoms with E-state index in [1.54, 1.807) is 19.1 Å². The molecule has 9 nitrogen and oxygen atoms in total. The molecule has 36 heavy (non-hydrogen) atoms. The zero-order valence-corrected chi connectivity index (χ0v) is 19.5. The van der Waals surface area contributed by atoms with E-state index < -0.39 is 11.4 Å². The topological polar surface area (TPSA) is 147 Å². The van der Waals surface area contributed by atoms with E-state index in [-0.39, 0.29) is 64.3 Å². The molecule has 2 aromatic carbocycles. The van der Waals surface area contributed by atoms with Gasteiger partial charge in [-0.3, -0.25) is 4.79 Å². The number of aromatic hydroxyl groups is 4. The minimum absolute atomic E-state index is 0.0627. The van der Waals surface area contributed by atoms with Crippen LogP contribution in [0.4, 0.5) is 0 Å². The molecule has 2 heterocycles. The van der Waals surface area contributed by atoms with Gasteiger partial charge in [-0.1, -0.05) is 25.1 Å². The summed E-state index contributed by atoms with van der Waals surface area (Å²) in [5, 5.41) is 38.7. The molecule has 4 rings (SSSR count). The molecule has 0 saturated heterocycles. The molecule has 9 heteroatoms. The summed E-state index contributed by atoms with van der Waals surface area (Å²) in [5.74, 6) is -2.72. The van der Waals surface area contributed by atoms with Crippen LogP contribution in [0.5, 0.6) is 28.7 Å². The molecule has 1 aliphatic rings. The molecule has 1 atom stereocenters. The Balaban J connectivity index is 1.81. The van der Waals surface area contributed by atoms with E-state index in [2.05, 4.69) is 0 Å². The first-order valence-corrected chi connectivity index (χ1v) is 11.0. The number of benzene rings is 2. The van der Waals surface area contributed by atoms with Crippen LogP contribution in [0, 0.1) is 0 Å². The van der Waals surface area contributed by atoms with Gasteiger partial charge in [-0.25, -0.2) is 4.79 Å². The van der Waals surface area contributed by atoms with E-state index in [4.69, 9.17) is 13.9 Å². The van der Waals surface area contributed by atoms with E-state index in [1.807, 2.05) is 0 Å². The average molecular weight is 492 g/mol. The predicted molar refractivity (Wildman–Crippen MR) is 132 cm³/mol. The molecule has 0 radical (unpaired) electrons. The Hall–Kier alpha value is -4.50. The maximum absolute atomic E-state index is 13.1. The van der Waals surface area contributed by atoms with Crippen LogP contribution in [0.3, 0.4) is 0 Å². The number of methoxy groups -OCH3 is 1. The van der Waals surface area contributed by atoms with Crippen molar-refractivity contribution in [3.8, 4) is 28.7 Å². The molecular formula is C27H24O9.